The van der Waals surface area contributed by atoms with Crippen molar-refractivity contribution in [2.45, 2.75) is 101 Å². The number of fused-ring (bicyclic) bond motifs is 1. The molecule has 0 spiro atoms. The van der Waals surface area contributed by atoms with Crippen molar-refractivity contribution in [2.24, 2.45) is 5.92 Å². The summed E-state index contributed by atoms with van der Waals surface area (Å²) >= 11 is 0. The lowest BCUT2D eigenvalue weighted by molar-refractivity contribution is -0.144. The Bertz CT molecular complexity index is 1530. The van der Waals surface area contributed by atoms with Crippen LogP contribution >= 0.6 is 0 Å². The molecule has 8 nitrogen and oxygen atoms in total. The van der Waals surface area contributed by atoms with Crippen molar-refractivity contribution >= 4 is 22.8 Å². The summed E-state index contributed by atoms with van der Waals surface area (Å²) in [5.41, 5.74) is 1.71. The highest BCUT2D eigenvalue weighted by molar-refractivity contribution is 5.95. The summed E-state index contributed by atoms with van der Waals surface area (Å²) in [5, 5.41) is 9.38. The van der Waals surface area contributed by atoms with Gasteiger partial charge in [0.25, 0.3) is 5.91 Å². The summed E-state index contributed by atoms with van der Waals surface area (Å²) in [5.74, 6) is -4.67. The third-order valence-corrected chi connectivity index (χ3v) is 8.19. The van der Waals surface area contributed by atoms with Gasteiger partial charge in [0, 0.05) is 31.4 Å². The highest BCUT2D eigenvalue weighted by Crippen LogP contribution is 2.43. The molecule has 0 bridgehead atoms. The molecule has 2 fully saturated rings. The molecular weight excluding hydrogens is 616 g/mol. The zero-order chi connectivity index (χ0) is 32.7. The number of carbonyl (C=O) groups is 2. The predicted molar refractivity (Wildman–Crippen MR) is 145 cm³/mol. The van der Waals surface area contributed by atoms with E-state index < -0.39 is 80.3 Å². The number of halogens is 8. The van der Waals surface area contributed by atoms with Gasteiger partial charge in [0.15, 0.2) is 0 Å². The van der Waals surface area contributed by atoms with Crippen LogP contribution in [0, 0.1) is 5.92 Å². The van der Waals surface area contributed by atoms with Crippen LogP contribution in [0.2, 0.25) is 0 Å². The van der Waals surface area contributed by atoms with Crippen molar-refractivity contribution < 1.29 is 44.7 Å². The molecule has 1 aromatic carbocycles. The summed E-state index contributed by atoms with van der Waals surface area (Å²) in [7, 11) is 0. The van der Waals surface area contributed by atoms with E-state index in [4.69, 9.17) is 0 Å². The van der Waals surface area contributed by atoms with Crippen LogP contribution in [0.4, 0.5) is 35.1 Å². The number of aromatic nitrogens is 4. The third-order valence-electron chi connectivity index (χ3n) is 8.19. The molecule has 2 aliphatic carbocycles. The first-order valence-electron chi connectivity index (χ1n) is 14.6. The molecule has 3 N–H and O–H groups in total. The Kier molecular flexibility index (Phi) is 8.88. The molecule has 2 saturated carbocycles. The number of nitrogens with one attached hydrogen (secondary N) is 3. The monoisotopic (exact) mass is 648 g/mol. The minimum Gasteiger partial charge on any atom is -0.350 e. The molecule has 0 radical (unpaired) electrons. The first-order chi connectivity index (χ1) is 21.0. The molecule has 2 aliphatic rings. The van der Waals surface area contributed by atoms with Crippen LogP contribution < -0.4 is 10.6 Å². The molecule has 0 aliphatic heterocycles. The fourth-order valence-corrected chi connectivity index (χ4v) is 5.67. The van der Waals surface area contributed by atoms with Gasteiger partial charge in [-0.3, -0.25) is 14.3 Å². The summed E-state index contributed by atoms with van der Waals surface area (Å²) in [6.45, 7) is 0.236. The van der Waals surface area contributed by atoms with Crippen molar-refractivity contribution in [1.29, 1.82) is 0 Å². The molecule has 0 unspecified atom stereocenters. The number of alkyl halides is 8. The highest BCUT2D eigenvalue weighted by Gasteiger charge is 2.41. The summed E-state index contributed by atoms with van der Waals surface area (Å²) in [6.07, 6.45) is -9.26. The fraction of sp³-hybridized carbons (Fsp3) is 0.586. The van der Waals surface area contributed by atoms with Crippen molar-refractivity contribution in [3.63, 3.8) is 0 Å². The Balaban J connectivity index is 1.39. The summed E-state index contributed by atoms with van der Waals surface area (Å²) in [6, 6.07) is 3.35. The number of carbonyl (C=O) groups excluding carboxylic acids is 2. The van der Waals surface area contributed by atoms with Gasteiger partial charge < -0.3 is 15.6 Å². The molecule has 2 aromatic heterocycles. The Morgan fingerprint density at radius 1 is 1.04 bits per heavy atom. The number of amides is 2. The van der Waals surface area contributed by atoms with E-state index in [2.05, 4.69) is 25.7 Å². The lowest BCUT2D eigenvalue weighted by Crippen LogP contribution is -2.38. The van der Waals surface area contributed by atoms with E-state index in [0.29, 0.717) is 34.1 Å². The number of nitrogens with zero attached hydrogens (tertiary/aromatic N) is 3. The second kappa shape index (κ2) is 12.2. The first-order valence-corrected chi connectivity index (χ1v) is 14.6. The van der Waals surface area contributed by atoms with E-state index in [0.717, 1.165) is 6.20 Å². The topological polar surface area (TPSA) is 105 Å². The smallest absolute Gasteiger partial charge is 0.350 e. The molecular formula is C29H32F8N6O2. The molecule has 45 heavy (non-hydrogen) atoms. The van der Waals surface area contributed by atoms with Gasteiger partial charge in [-0.25, -0.2) is 13.8 Å². The molecule has 5 rings (SSSR count). The Morgan fingerprint density at radius 2 is 1.73 bits per heavy atom. The average Bonchev–Trinajstić information content (AvgIpc) is 3.56. The third kappa shape index (κ3) is 8.51. The zero-order valence-electron chi connectivity index (χ0n) is 24.2. The quantitative estimate of drug-likeness (QED) is 0.206. The van der Waals surface area contributed by atoms with E-state index >= 15 is 0 Å². The number of aromatic amines is 1. The highest BCUT2D eigenvalue weighted by atomic mass is 19.4. The Labute approximate surface area is 252 Å². The van der Waals surface area contributed by atoms with Crippen LogP contribution in [-0.4, -0.2) is 49.8 Å². The predicted octanol–water partition coefficient (Wildman–Crippen LogP) is 7.02. The Hall–Kier alpha value is -3.72. The van der Waals surface area contributed by atoms with Gasteiger partial charge in [-0.1, -0.05) is 6.07 Å². The second-order valence-electron chi connectivity index (χ2n) is 12.0. The molecule has 3 aromatic rings. The second-order valence-corrected chi connectivity index (χ2v) is 12.0. The van der Waals surface area contributed by atoms with Crippen LogP contribution in [0.25, 0.3) is 11.0 Å². The minimum atomic E-state index is -4.55. The van der Waals surface area contributed by atoms with E-state index in [1.807, 2.05) is 0 Å². The van der Waals surface area contributed by atoms with Gasteiger partial charge >= 0.3 is 12.4 Å². The van der Waals surface area contributed by atoms with Crippen LogP contribution in [-0.2, 0) is 11.3 Å². The molecule has 246 valence electrons. The van der Waals surface area contributed by atoms with E-state index in [1.54, 1.807) is 25.1 Å². The summed E-state index contributed by atoms with van der Waals surface area (Å²) in [4.78, 5) is 33.3. The van der Waals surface area contributed by atoms with Gasteiger partial charge in [-0.15, -0.1) is 0 Å². The van der Waals surface area contributed by atoms with Crippen LogP contribution in [0.3, 0.4) is 0 Å². The van der Waals surface area contributed by atoms with Crippen molar-refractivity contribution in [3.8, 4) is 0 Å². The average molecular weight is 649 g/mol. The number of H-pyrrole nitrogens is 1. The maximum absolute atomic E-state index is 14.0. The molecule has 2 atom stereocenters. The van der Waals surface area contributed by atoms with Crippen molar-refractivity contribution in [2.75, 3.05) is 0 Å². The normalized spacial score (nSPS) is 19.0. The van der Waals surface area contributed by atoms with E-state index in [-0.39, 0.29) is 35.8 Å². The van der Waals surface area contributed by atoms with Gasteiger partial charge in [0.1, 0.15) is 12.4 Å². The van der Waals surface area contributed by atoms with Gasteiger partial charge in [0.05, 0.1) is 40.8 Å². The van der Waals surface area contributed by atoms with Crippen molar-refractivity contribution in [1.82, 2.24) is 30.4 Å². The fourth-order valence-electron chi connectivity index (χ4n) is 5.67. The maximum Gasteiger partial charge on any atom is 0.408 e. The number of benzene rings is 1. The first kappa shape index (κ1) is 32.7. The maximum atomic E-state index is 14.0. The van der Waals surface area contributed by atoms with Crippen LogP contribution in [0.5, 0.6) is 0 Å². The minimum absolute atomic E-state index is 0.0126. The molecule has 16 heteroatoms. The van der Waals surface area contributed by atoms with Crippen molar-refractivity contribution in [3.05, 3.63) is 47.0 Å². The van der Waals surface area contributed by atoms with Crippen LogP contribution in [0.1, 0.15) is 104 Å². The largest absolute Gasteiger partial charge is 0.408 e. The SMILES string of the molecule is C[C@@H](NC(=O)CCC(F)(F)F)c1ccc2nc([C@@H](NC(=O)c3cn(CC(F)(F)F)nc3C3CC3)C3CCC(F)(F)CC3)[nH]c2c1. The lowest BCUT2D eigenvalue weighted by atomic mass is 9.81. The number of hydrogen-bond acceptors (Lipinski definition) is 4. The van der Waals surface area contributed by atoms with Crippen LogP contribution in [0.15, 0.2) is 24.4 Å². The number of imidazole rings is 1. The standard InChI is InChI=1S/C29H32F8N6O2/c1-15(38-22(44)8-11-28(32,33)34)18-4-5-20-21(12-18)40-25(39-20)24(17-6-9-27(30,31)10-7-17)41-26(45)19-13-43(14-29(35,36)37)42-23(19)16-2-3-16/h4-5,12-13,15-17,24H,2-3,6-11,14H2,1H3,(H,38,44)(H,39,40)(H,41,45)/t15-,24+/m1/s1. The number of rotatable bonds is 10. The molecule has 0 saturated heterocycles. The summed E-state index contributed by atoms with van der Waals surface area (Å²) < 4.78 is 105. The van der Waals surface area contributed by atoms with Gasteiger partial charge in [-0.05, 0) is 56.2 Å². The zero-order valence-corrected chi connectivity index (χ0v) is 24.2. The lowest BCUT2D eigenvalue weighted by Gasteiger charge is -2.33. The number of hydrogen-bond donors (Lipinski definition) is 3. The molecule has 2 amide bonds. The van der Waals surface area contributed by atoms with E-state index in [1.165, 1.54) is 0 Å². The molecule has 2 heterocycles. The van der Waals surface area contributed by atoms with E-state index in [9.17, 15) is 44.7 Å². The van der Waals surface area contributed by atoms with Gasteiger partial charge in [0.2, 0.25) is 11.8 Å². The van der Waals surface area contributed by atoms with Gasteiger partial charge in [-0.2, -0.15) is 31.4 Å². The Morgan fingerprint density at radius 3 is 2.36 bits per heavy atom.